The van der Waals surface area contributed by atoms with E-state index in [0.717, 1.165) is 0 Å². The molecule has 0 heterocycles. The van der Waals surface area contributed by atoms with E-state index in [1.165, 1.54) is 0 Å². The molecule has 0 aliphatic carbocycles. The molecule has 0 fully saturated rings. The number of hydrogen-bond acceptors (Lipinski definition) is 3. The quantitative estimate of drug-likeness (QED) is 0.293. The Morgan fingerprint density at radius 2 is 2.18 bits per heavy atom. The fourth-order valence-corrected chi connectivity index (χ4v) is 0.751. The molecular formula is C6H12N2O3. The van der Waals surface area contributed by atoms with E-state index in [9.17, 15) is 9.59 Å². The lowest BCUT2D eigenvalue weighted by Gasteiger charge is -2.08. The van der Waals surface area contributed by atoms with Crippen LogP contribution < -0.4 is 11.3 Å². The Bertz CT molecular complexity index is 158. The molecule has 0 unspecified atom stereocenters. The van der Waals surface area contributed by atoms with Crippen LogP contribution in [0.2, 0.25) is 0 Å². The number of amides is 1. The summed E-state index contributed by atoms with van der Waals surface area (Å²) in [4.78, 5) is 20.9. The van der Waals surface area contributed by atoms with Crippen molar-refractivity contribution in [1.29, 1.82) is 0 Å². The van der Waals surface area contributed by atoms with Crippen molar-refractivity contribution in [2.45, 2.75) is 19.8 Å². The number of hydrazine groups is 1. The molecule has 1 atom stereocenters. The maximum absolute atomic E-state index is 10.8. The molecule has 1 amide bonds. The number of hydrogen-bond donors (Lipinski definition) is 3. The predicted octanol–water partition coefficient (Wildman–Crippen LogP) is -0.523. The number of carbonyl (C=O) groups excluding carboxylic acids is 1. The molecule has 0 saturated heterocycles. The van der Waals surface area contributed by atoms with Gasteiger partial charge < -0.3 is 5.11 Å². The predicted molar refractivity (Wildman–Crippen MR) is 38.4 cm³/mol. The zero-order valence-corrected chi connectivity index (χ0v) is 6.33. The number of carboxylic acid groups (broad SMARTS) is 1. The molecule has 0 aromatic carbocycles. The minimum absolute atomic E-state index is 0.167. The molecule has 0 aliphatic rings. The van der Waals surface area contributed by atoms with E-state index >= 15 is 0 Å². The van der Waals surface area contributed by atoms with Gasteiger partial charge in [-0.15, -0.1) is 0 Å². The van der Waals surface area contributed by atoms with Gasteiger partial charge in [-0.25, -0.2) is 5.84 Å². The van der Waals surface area contributed by atoms with Crippen LogP contribution in [0.25, 0.3) is 0 Å². The Morgan fingerprint density at radius 1 is 1.64 bits per heavy atom. The molecular weight excluding hydrogens is 148 g/mol. The van der Waals surface area contributed by atoms with E-state index < -0.39 is 17.8 Å². The second kappa shape index (κ2) is 4.68. The van der Waals surface area contributed by atoms with Crippen molar-refractivity contribution in [3.05, 3.63) is 0 Å². The number of carboxylic acids is 1. The molecule has 0 spiro atoms. The molecule has 5 heteroatoms. The van der Waals surface area contributed by atoms with Gasteiger partial charge in [-0.3, -0.25) is 15.0 Å². The topological polar surface area (TPSA) is 92.4 Å². The molecule has 4 N–H and O–H groups in total. The number of rotatable bonds is 4. The zero-order valence-electron chi connectivity index (χ0n) is 6.33. The van der Waals surface area contributed by atoms with Crippen molar-refractivity contribution in [2.75, 3.05) is 0 Å². The van der Waals surface area contributed by atoms with Gasteiger partial charge in [0.25, 0.3) is 0 Å². The average molecular weight is 160 g/mol. The van der Waals surface area contributed by atoms with Crippen LogP contribution in [0, 0.1) is 5.92 Å². The van der Waals surface area contributed by atoms with E-state index in [2.05, 4.69) is 0 Å². The zero-order chi connectivity index (χ0) is 8.85. The van der Waals surface area contributed by atoms with Crippen molar-refractivity contribution in [1.82, 2.24) is 5.43 Å². The lowest BCUT2D eigenvalue weighted by Crippen LogP contribution is -2.36. The van der Waals surface area contributed by atoms with Crippen LogP contribution >= 0.6 is 0 Å². The van der Waals surface area contributed by atoms with Gasteiger partial charge >= 0.3 is 5.97 Å². The molecule has 0 aromatic rings. The van der Waals surface area contributed by atoms with E-state index in [-0.39, 0.29) is 6.42 Å². The number of nitrogens with one attached hydrogen (secondary N) is 1. The van der Waals surface area contributed by atoms with Crippen molar-refractivity contribution in [3.8, 4) is 0 Å². The fourth-order valence-electron chi connectivity index (χ4n) is 0.751. The largest absolute Gasteiger partial charge is 0.481 e. The van der Waals surface area contributed by atoms with Crippen LogP contribution in [0.1, 0.15) is 19.8 Å². The molecule has 11 heavy (non-hydrogen) atoms. The Kier molecular flexibility index (Phi) is 4.21. The van der Waals surface area contributed by atoms with Crippen molar-refractivity contribution in [3.63, 3.8) is 0 Å². The van der Waals surface area contributed by atoms with Crippen LogP contribution in [-0.4, -0.2) is 17.0 Å². The van der Waals surface area contributed by atoms with Crippen LogP contribution in [0.5, 0.6) is 0 Å². The lowest BCUT2D eigenvalue weighted by molar-refractivity contribution is -0.141. The highest BCUT2D eigenvalue weighted by molar-refractivity contribution is 5.82. The maximum Gasteiger partial charge on any atom is 0.304 e. The van der Waals surface area contributed by atoms with Gasteiger partial charge in [-0.2, -0.15) is 0 Å². The summed E-state index contributed by atoms with van der Waals surface area (Å²) in [7, 11) is 0. The lowest BCUT2D eigenvalue weighted by atomic mass is 10.0. The average Bonchev–Trinajstić information content (AvgIpc) is 1.98. The molecule has 0 saturated carbocycles. The maximum atomic E-state index is 10.8. The van der Waals surface area contributed by atoms with E-state index in [4.69, 9.17) is 10.9 Å². The summed E-state index contributed by atoms with van der Waals surface area (Å²) in [6.07, 6.45) is 0.314. The standard InChI is InChI=1S/C6H12N2O3/c1-2-4(3-5(9)10)6(11)8-7/h4H,2-3,7H2,1H3,(H,8,11)(H,9,10)/t4-/m0/s1. The van der Waals surface area contributed by atoms with Crippen LogP contribution in [0.4, 0.5) is 0 Å². The van der Waals surface area contributed by atoms with Crippen molar-refractivity contribution >= 4 is 11.9 Å². The summed E-state index contributed by atoms with van der Waals surface area (Å²) in [6, 6.07) is 0. The van der Waals surface area contributed by atoms with Gasteiger partial charge in [0.15, 0.2) is 0 Å². The normalized spacial score (nSPS) is 12.2. The third-order valence-electron chi connectivity index (χ3n) is 1.43. The number of aliphatic carboxylic acids is 1. The summed E-state index contributed by atoms with van der Waals surface area (Å²) < 4.78 is 0. The van der Waals surface area contributed by atoms with Crippen LogP contribution in [-0.2, 0) is 9.59 Å². The van der Waals surface area contributed by atoms with E-state index in [1.54, 1.807) is 6.92 Å². The van der Waals surface area contributed by atoms with Crippen LogP contribution in [0.15, 0.2) is 0 Å². The number of carbonyl (C=O) groups is 2. The first-order chi connectivity index (χ1) is 5.11. The molecule has 0 rings (SSSR count). The summed E-state index contributed by atoms with van der Waals surface area (Å²) in [5, 5.41) is 8.34. The third kappa shape index (κ3) is 3.57. The van der Waals surface area contributed by atoms with E-state index in [0.29, 0.717) is 6.42 Å². The fraction of sp³-hybridized carbons (Fsp3) is 0.667. The first-order valence-electron chi connectivity index (χ1n) is 3.34. The summed E-state index contributed by atoms with van der Waals surface area (Å²) in [5.74, 6) is 2.91. The van der Waals surface area contributed by atoms with Crippen LogP contribution in [0.3, 0.4) is 0 Å². The van der Waals surface area contributed by atoms with Gasteiger partial charge in [0.1, 0.15) is 0 Å². The SMILES string of the molecule is CC[C@@H](CC(=O)O)C(=O)NN. The van der Waals surface area contributed by atoms with Crippen molar-refractivity contribution in [2.24, 2.45) is 11.8 Å². The molecule has 64 valence electrons. The third-order valence-corrected chi connectivity index (χ3v) is 1.43. The molecule has 5 nitrogen and oxygen atoms in total. The molecule has 0 aromatic heterocycles. The summed E-state index contributed by atoms with van der Waals surface area (Å²) in [6.45, 7) is 1.74. The highest BCUT2D eigenvalue weighted by Crippen LogP contribution is 2.06. The first-order valence-corrected chi connectivity index (χ1v) is 3.34. The molecule has 0 radical (unpaired) electrons. The monoisotopic (exact) mass is 160 g/mol. The Hall–Kier alpha value is -1.10. The molecule has 0 bridgehead atoms. The highest BCUT2D eigenvalue weighted by Gasteiger charge is 2.18. The minimum Gasteiger partial charge on any atom is -0.481 e. The highest BCUT2D eigenvalue weighted by atomic mass is 16.4. The smallest absolute Gasteiger partial charge is 0.304 e. The number of nitrogens with two attached hydrogens (primary N) is 1. The second-order valence-corrected chi connectivity index (χ2v) is 2.21. The molecule has 0 aliphatic heterocycles. The van der Waals surface area contributed by atoms with Gasteiger partial charge in [0.2, 0.25) is 5.91 Å². The summed E-state index contributed by atoms with van der Waals surface area (Å²) in [5.41, 5.74) is 1.92. The Morgan fingerprint density at radius 3 is 2.45 bits per heavy atom. The van der Waals surface area contributed by atoms with Gasteiger partial charge in [0, 0.05) is 5.92 Å². The Balaban J connectivity index is 3.94. The second-order valence-electron chi connectivity index (χ2n) is 2.21. The van der Waals surface area contributed by atoms with Gasteiger partial charge in [-0.1, -0.05) is 6.92 Å². The Labute approximate surface area is 64.5 Å². The van der Waals surface area contributed by atoms with E-state index in [1.807, 2.05) is 5.43 Å². The van der Waals surface area contributed by atoms with Gasteiger partial charge in [-0.05, 0) is 6.42 Å². The van der Waals surface area contributed by atoms with Gasteiger partial charge in [0.05, 0.1) is 6.42 Å². The van der Waals surface area contributed by atoms with Crippen molar-refractivity contribution < 1.29 is 14.7 Å². The first kappa shape index (κ1) is 9.90. The minimum atomic E-state index is -0.986. The summed E-state index contributed by atoms with van der Waals surface area (Å²) >= 11 is 0.